The van der Waals surface area contributed by atoms with Gasteiger partial charge in [-0.1, -0.05) is 11.2 Å². The van der Waals surface area contributed by atoms with E-state index >= 15 is 0 Å². The zero-order valence-corrected chi connectivity index (χ0v) is 9.63. The zero-order chi connectivity index (χ0) is 11.7. The van der Waals surface area contributed by atoms with E-state index in [-0.39, 0.29) is 5.92 Å². The van der Waals surface area contributed by atoms with Gasteiger partial charge in [-0.3, -0.25) is 4.98 Å². The van der Waals surface area contributed by atoms with Crippen LogP contribution in [0.25, 0.3) is 0 Å². The SMILES string of the molecule is Cc1nc([C@@H]2CNC[C@@H]2c2cccnc2)no1. The molecule has 1 fully saturated rings. The molecule has 2 aromatic rings. The van der Waals surface area contributed by atoms with Gasteiger partial charge in [-0.05, 0) is 11.6 Å². The van der Waals surface area contributed by atoms with Gasteiger partial charge in [-0.15, -0.1) is 0 Å². The van der Waals surface area contributed by atoms with E-state index < -0.39 is 0 Å². The van der Waals surface area contributed by atoms with Crippen molar-refractivity contribution in [3.05, 3.63) is 41.8 Å². The van der Waals surface area contributed by atoms with Gasteiger partial charge in [-0.2, -0.15) is 4.98 Å². The second kappa shape index (κ2) is 4.25. The second-order valence-electron chi connectivity index (χ2n) is 4.33. The minimum Gasteiger partial charge on any atom is -0.340 e. The average Bonchev–Trinajstić information content (AvgIpc) is 2.98. The first-order valence-electron chi connectivity index (χ1n) is 5.75. The van der Waals surface area contributed by atoms with E-state index in [1.54, 1.807) is 6.20 Å². The minimum atomic E-state index is 0.275. The Hall–Kier alpha value is -1.75. The van der Waals surface area contributed by atoms with Crippen LogP contribution < -0.4 is 5.32 Å². The Bertz CT molecular complexity index is 496. The zero-order valence-electron chi connectivity index (χ0n) is 9.63. The number of rotatable bonds is 2. The maximum absolute atomic E-state index is 5.06. The van der Waals surface area contributed by atoms with Gasteiger partial charge in [0.2, 0.25) is 5.89 Å². The summed E-state index contributed by atoms with van der Waals surface area (Å²) in [6.45, 7) is 3.64. The molecule has 88 valence electrons. The van der Waals surface area contributed by atoms with Crippen molar-refractivity contribution in [2.45, 2.75) is 18.8 Å². The van der Waals surface area contributed by atoms with Crippen LogP contribution in [0.2, 0.25) is 0 Å². The molecule has 0 radical (unpaired) electrons. The second-order valence-corrected chi connectivity index (χ2v) is 4.33. The monoisotopic (exact) mass is 230 g/mol. The van der Waals surface area contributed by atoms with Crippen LogP contribution in [0.3, 0.4) is 0 Å². The van der Waals surface area contributed by atoms with Crippen molar-refractivity contribution in [3.63, 3.8) is 0 Å². The molecule has 5 nitrogen and oxygen atoms in total. The summed E-state index contributed by atoms with van der Waals surface area (Å²) in [4.78, 5) is 8.50. The van der Waals surface area contributed by atoms with Crippen molar-refractivity contribution in [2.75, 3.05) is 13.1 Å². The predicted octanol–water partition coefficient (Wildman–Crippen LogP) is 1.24. The number of aromatic nitrogens is 3. The molecular formula is C12H14N4O. The first kappa shape index (κ1) is 10.4. The van der Waals surface area contributed by atoms with E-state index in [9.17, 15) is 0 Å². The highest BCUT2D eigenvalue weighted by Crippen LogP contribution is 2.33. The Morgan fingerprint density at radius 1 is 1.35 bits per heavy atom. The molecule has 0 unspecified atom stereocenters. The lowest BCUT2D eigenvalue weighted by molar-refractivity contribution is 0.382. The van der Waals surface area contributed by atoms with Gasteiger partial charge < -0.3 is 9.84 Å². The van der Waals surface area contributed by atoms with E-state index in [0.29, 0.717) is 11.8 Å². The molecule has 1 aliphatic rings. The highest BCUT2D eigenvalue weighted by Gasteiger charge is 2.33. The summed E-state index contributed by atoms with van der Waals surface area (Å²) in [7, 11) is 0. The van der Waals surface area contributed by atoms with E-state index in [4.69, 9.17) is 4.52 Å². The van der Waals surface area contributed by atoms with E-state index in [1.165, 1.54) is 5.56 Å². The van der Waals surface area contributed by atoms with Crippen molar-refractivity contribution in [3.8, 4) is 0 Å². The fraction of sp³-hybridized carbons (Fsp3) is 0.417. The first-order valence-corrected chi connectivity index (χ1v) is 5.75. The van der Waals surface area contributed by atoms with Crippen molar-refractivity contribution >= 4 is 0 Å². The molecular weight excluding hydrogens is 216 g/mol. The maximum atomic E-state index is 5.06. The van der Waals surface area contributed by atoms with Crippen LogP contribution in [0, 0.1) is 6.92 Å². The lowest BCUT2D eigenvalue weighted by atomic mass is 9.89. The van der Waals surface area contributed by atoms with E-state index in [0.717, 1.165) is 18.9 Å². The lowest BCUT2D eigenvalue weighted by Gasteiger charge is -2.14. The van der Waals surface area contributed by atoms with Gasteiger partial charge in [0.15, 0.2) is 5.82 Å². The molecule has 2 aromatic heterocycles. The van der Waals surface area contributed by atoms with Crippen LogP contribution in [0.1, 0.15) is 29.1 Å². The Morgan fingerprint density at radius 3 is 2.94 bits per heavy atom. The Kier molecular flexibility index (Phi) is 2.60. The number of hydrogen-bond donors (Lipinski definition) is 1. The Balaban J connectivity index is 1.90. The molecule has 1 aliphatic heterocycles. The number of nitrogens with zero attached hydrogens (tertiary/aromatic N) is 3. The topological polar surface area (TPSA) is 63.8 Å². The summed E-state index contributed by atoms with van der Waals surface area (Å²) in [5.41, 5.74) is 1.23. The maximum Gasteiger partial charge on any atom is 0.223 e. The summed E-state index contributed by atoms with van der Waals surface area (Å²) in [6, 6.07) is 4.07. The third-order valence-electron chi connectivity index (χ3n) is 3.20. The van der Waals surface area contributed by atoms with Crippen LogP contribution in [0.15, 0.2) is 29.0 Å². The molecule has 3 rings (SSSR count). The quantitative estimate of drug-likeness (QED) is 0.841. The van der Waals surface area contributed by atoms with Crippen LogP contribution >= 0.6 is 0 Å². The standard InChI is InChI=1S/C12H14N4O/c1-8-15-12(16-17-8)11-7-14-6-10(11)9-3-2-4-13-5-9/h2-5,10-11,14H,6-7H2,1H3/t10-,11-/m1/s1. The largest absolute Gasteiger partial charge is 0.340 e. The van der Waals surface area contributed by atoms with Gasteiger partial charge in [0.1, 0.15) is 0 Å². The summed E-state index contributed by atoms with van der Waals surface area (Å²) >= 11 is 0. The lowest BCUT2D eigenvalue weighted by Crippen LogP contribution is -2.10. The molecule has 0 bridgehead atoms. The van der Waals surface area contributed by atoms with Crippen molar-refractivity contribution in [2.24, 2.45) is 0 Å². The summed E-state index contributed by atoms with van der Waals surface area (Å²) < 4.78 is 5.06. The fourth-order valence-electron chi connectivity index (χ4n) is 2.36. The fourth-order valence-corrected chi connectivity index (χ4v) is 2.36. The van der Waals surface area contributed by atoms with Crippen LogP contribution in [-0.2, 0) is 0 Å². The number of nitrogens with one attached hydrogen (secondary N) is 1. The van der Waals surface area contributed by atoms with E-state index in [2.05, 4.69) is 26.5 Å². The molecule has 0 amide bonds. The Morgan fingerprint density at radius 2 is 2.24 bits per heavy atom. The van der Waals surface area contributed by atoms with Crippen LogP contribution in [-0.4, -0.2) is 28.2 Å². The minimum absolute atomic E-state index is 0.275. The average molecular weight is 230 g/mol. The Labute approximate surface area is 99.3 Å². The molecule has 2 atom stereocenters. The van der Waals surface area contributed by atoms with Gasteiger partial charge >= 0.3 is 0 Å². The van der Waals surface area contributed by atoms with Crippen LogP contribution in [0.4, 0.5) is 0 Å². The van der Waals surface area contributed by atoms with Crippen LogP contribution in [0.5, 0.6) is 0 Å². The van der Waals surface area contributed by atoms with E-state index in [1.807, 2.05) is 19.2 Å². The number of pyridine rings is 1. The van der Waals surface area contributed by atoms with Gasteiger partial charge in [0.25, 0.3) is 0 Å². The van der Waals surface area contributed by atoms with Gasteiger partial charge in [0.05, 0.1) is 0 Å². The number of hydrogen-bond acceptors (Lipinski definition) is 5. The molecule has 1 N–H and O–H groups in total. The summed E-state index contributed by atoms with van der Waals surface area (Å²) in [6.07, 6.45) is 3.71. The van der Waals surface area contributed by atoms with Crippen molar-refractivity contribution in [1.82, 2.24) is 20.4 Å². The van der Waals surface area contributed by atoms with Crippen molar-refractivity contribution < 1.29 is 4.52 Å². The molecule has 1 saturated heterocycles. The number of aryl methyl sites for hydroxylation is 1. The first-order chi connectivity index (χ1) is 8.34. The molecule has 0 spiro atoms. The third-order valence-corrected chi connectivity index (χ3v) is 3.20. The third kappa shape index (κ3) is 1.93. The molecule has 3 heterocycles. The van der Waals surface area contributed by atoms with Gasteiger partial charge in [-0.25, -0.2) is 0 Å². The molecule has 0 saturated carbocycles. The molecule has 17 heavy (non-hydrogen) atoms. The highest BCUT2D eigenvalue weighted by molar-refractivity contribution is 5.23. The molecule has 0 aromatic carbocycles. The molecule has 5 heteroatoms. The van der Waals surface area contributed by atoms with Gasteiger partial charge in [0, 0.05) is 44.2 Å². The highest BCUT2D eigenvalue weighted by atomic mass is 16.5. The summed E-state index contributed by atoms with van der Waals surface area (Å²) in [5.74, 6) is 2.07. The molecule has 0 aliphatic carbocycles. The smallest absolute Gasteiger partial charge is 0.223 e. The van der Waals surface area contributed by atoms with Crippen molar-refractivity contribution in [1.29, 1.82) is 0 Å². The normalized spacial score (nSPS) is 24.1. The predicted molar refractivity (Wildman–Crippen MR) is 61.6 cm³/mol. The summed E-state index contributed by atoms with van der Waals surface area (Å²) in [5, 5.41) is 7.41.